The van der Waals surface area contributed by atoms with Crippen LogP contribution in [0.1, 0.15) is 26.2 Å². The number of carbonyl (C=O) groups excluding carboxylic acids is 3. The van der Waals surface area contributed by atoms with E-state index >= 15 is 0 Å². The lowest BCUT2D eigenvalue weighted by atomic mass is 10.1. The number of esters is 1. The molecule has 2 amide bonds. The summed E-state index contributed by atoms with van der Waals surface area (Å²) in [5, 5.41) is 0.461. The molecule has 7 heteroatoms. The Kier molecular flexibility index (Phi) is 5.27. The average Bonchev–Trinajstić information content (AvgIpc) is 3.24. The van der Waals surface area contributed by atoms with Gasteiger partial charge in [-0.3, -0.25) is 14.4 Å². The molecule has 2 fully saturated rings. The Hall–Kier alpha value is -2.08. The largest absolute Gasteiger partial charge is 0.452 e. The molecular formula is C18H21ClN2O4. The number of amides is 2. The summed E-state index contributed by atoms with van der Waals surface area (Å²) in [4.78, 5) is 40.1. The first kappa shape index (κ1) is 17.7. The third-order valence-corrected chi connectivity index (χ3v) is 4.98. The maximum Gasteiger partial charge on any atom is 0.312 e. The van der Waals surface area contributed by atoms with Crippen LogP contribution in [-0.2, 0) is 19.1 Å². The van der Waals surface area contributed by atoms with Gasteiger partial charge in [-0.05, 0) is 31.9 Å². The molecule has 134 valence electrons. The Bertz CT molecular complexity index is 687. The maximum atomic E-state index is 12.4. The van der Waals surface area contributed by atoms with Crippen LogP contribution in [0.15, 0.2) is 24.3 Å². The number of likely N-dealkylation sites (tertiary alicyclic amines) is 1. The van der Waals surface area contributed by atoms with Gasteiger partial charge in [-0.25, -0.2) is 0 Å². The van der Waals surface area contributed by atoms with Crippen LogP contribution in [0.4, 0.5) is 5.69 Å². The van der Waals surface area contributed by atoms with E-state index in [9.17, 15) is 14.4 Å². The fourth-order valence-corrected chi connectivity index (χ4v) is 3.52. The second kappa shape index (κ2) is 7.44. The fraction of sp³-hybridized carbons (Fsp3) is 0.500. The Morgan fingerprint density at radius 3 is 2.60 bits per heavy atom. The molecule has 0 unspecified atom stereocenters. The molecule has 1 aromatic carbocycles. The van der Waals surface area contributed by atoms with Gasteiger partial charge in [0.25, 0.3) is 5.91 Å². The van der Waals surface area contributed by atoms with Gasteiger partial charge >= 0.3 is 5.97 Å². The third kappa shape index (κ3) is 3.79. The average molecular weight is 365 g/mol. The number of rotatable bonds is 4. The second-order valence-corrected chi connectivity index (χ2v) is 6.88. The van der Waals surface area contributed by atoms with Gasteiger partial charge in [0.05, 0.1) is 16.6 Å². The van der Waals surface area contributed by atoms with Crippen molar-refractivity contribution >= 4 is 35.1 Å². The monoisotopic (exact) mass is 364 g/mol. The van der Waals surface area contributed by atoms with E-state index < -0.39 is 18.0 Å². The summed E-state index contributed by atoms with van der Waals surface area (Å²) in [7, 11) is 0. The number of benzene rings is 1. The summed E-state index contributed by atoms with van der Waals surface area (Å²) in [5.41, 5.74) is 0.589. The first-order valence-electron chi connectivity index (χ1n) is 8.51. The first-order valence-corrected chi connectivity index (χ1v) is 8.89. The van der Waals surface area contributed by atoms with Gasteiger partial charge in [0.1, 0.15) is 0 Å². The standard InChI is InChI=1S/C18H21ClN2O4/c1-12(17(23)20-8-4-5-9-20)25-18(24)13-10-16(22)21(11-13)15-7-3-2-6-14(15)19/h2-3,6-7,12-13H,4-5,8-11H2,1H3/t12-,13-/m1/s1. The highest BCUT2D eigenvalue weighted by Gasteiger charge is 2.38. The minimum atomic E-state index is -0.824. The van der Waals surface area contributed by atoms with Gasteiger partial charge < -0.3 is 14.5 Å². The minimum absolute atomic E-state index is 0.0642. The Balaban J connectivity index is 1.61. The molecule has 0 bridgehead atoms. The minimum Gasteiger partial charge on any atom is -0.452 e. The zero-order valence-electron chi connectivity index (χ0n) is 14.1. The van der Waals surface area contributed by atoms with Gasteiger partial charge in [0.2, 0.25) is 5.91 Å². The Morgan fingerprint density at radius 1 is 1.24 bits per heavy atom. The van der Waals surface area contributed by atoms with E-state index in [4.69, 9.17) is 16.3 Å². The summed E-state index contributed by atoms with van der Waals surface area (Å²) in [6.45, 7) is 3.22. The lowest BCUT2D eigenvalue weighted by Crippen LogP contribution is -2.39. The summed E-state index contributed by atoms with van der Waals surface area (Å²) >= 11 is 6.14. The molecule has 0 N–H and O–H groups in total. The van der Waals surface area contributed by atoms with E-state index in [-0.39, 0.29) is 24.8 Å². The molecule has 2 aliphatic rings. The van der Waals surface area contributed by atoms with Crippen LogP contribution in [0.2, 0.25) is 5.02 Å². The van der Waals surface area contributed by atoms with Crippen LogP contribution < -0.4 is 4.90 Å². The molecule has 3 rings (SSSR count). The summed E-state index contributed by atoms with van der Waals surface area (Å²) in [6, 6.07) is 7.01. The number of hydrogen-bond donors (Lipinski definition) is 0. The predicted molar refractivity (Wildman–Crippen MR) is 93.3 cm³/mol. The topological polar surface area (TPSA) is 66.9 Å². The van der Waals surface area contributed by atoms with Crippen LogP contribution in [0, 0.1) is 5.92 Å². The Morgan fingerprint density at radius 2 is 1.92 bits per heavy atom. The van der Waals surface area contributed by atoms with Crippen molar-refractivity contribution in [2.24, 2.45) is 5.92 Å². The second-order valence-electron chi connectivity index (χ2n) is 6.47. The predicted octanol–water partition coefficient (Wildman–Crippen LogP) is 2.25. The molecular weight excluding hydrogens is 344 g/mol. The molecule has 2 aliphatic heterocycles. The smallest absolute Gasteiger partial charge is 0.312 e. The molecule has 0 aliphatic carbocycles. The van der Waals surface area contributed by atoms with Gasteiger partial charge in [-0.15, -0.1) is 0 Å². The normalized spacial score (nSPS) is 21.5. The molecule has 2 saturated heterocycles. The lowest BCUT2D eigenvalue weighted by Gasteiger charge is -2.22. The number of hydrogen-bond acceptors (Lipinski definition) is 4. The van der Waals surface area contributed by atoms with Gasteiger partial charge in [-0.1, -0.05) is 23.7 Å². The number of ether oxygens (including phenoxy) is 1. The molecule has 0 spiro atoms. The van der Waals surface area contributed by atoms with Crippen LogP contribution in [0.5, 0.6) is 0 Å². The molecule has 1 aromatic rings. The molecule has 0 saturated carbocycles. The van der Waals surface area contributed by atoms with Crippen molar-refractivity contribution in [3.05, 3.63) is 29.3 Å². The van der Waals surface area contributed by atoms with Crippen molar-refractivity contribution in [3.8, 4) is 0 Å². The zero-order chi connectivity index (χ0) is 18.0. The number of halogens is 1. The van der Waals surface area contributed by atoms with Crippen LogP contribution in [0.3, 0.4) is 0 Å². The summed E-state index contributed by atoms with van der Waals surface area (Å²) in [5.74, 6) is -1.44. The van der Waals surface area contributed by atoms with Crippen LogP contribution in [0.25, 0.3) is 0 Å². The number of anilines is 1. The maximum absolute atomic E-state index is 12.4. The highest BCUT2D eigenvalue weighted by molar-refractivity contribution is 6.33. The number of nitrogens with zero attached hydrogens (tertiary/aromatic N) is 2. The molecule has 6 nitrogen and oxygen atoms in total. The Labute approximate surface area is 151 Å². The quantitative estimate of drug-likeness (QED) is 0.768. The first-order chi connectivity index (χ1) is 12.0. The highest BCUT2D eigenvalue weighted by atomic mass is 35.5. The van der Waals surface area contributed by atoms with E-state index in [0.29, 0.717) is 23.8 Å². The van der Waals surface area contributed by atoms with Crippen molar-refractivity contribution in [2.45, 2.75) is 32.3 Å². The van der Waals surface area contributed by atoms with Crippen molar-refractivity contribution in [3.63, 3.8) is 0 Å². The molecule has 0 radical (unpaired) electrons. The van der Waals surface area contributed by atoms with Gasteiger partial charge in [0, 0.05) is 26.1 Å². The van der Waals surface area contributed by atoms with Crippen molar-refractivity contribution < 1.29 is 19.1 Å². The highest BCUT2D eigenvalue weighted by Crippen LogP contribution is 2.31. The van der Waals surface area contributed by atoms with Crippen molar-refractivity contribution in [1.82, 2.24) is 4.90 Å². The van der Waals surface area contributed by atoms with E-state index in [1.54, 1.807) is 36.1 Å². The van der Waals surface area contributed by atoms with Crippen molar-refractivity contribution in [2.75, 3.05) is 24.5 Å². The summed E-state index contributed by atoms with van der Waals surface area (Å²) < 4.78 is 5.33. The van der Waals surface area contributed by atoms with E-state index in [0.717, 1.165) is 12.8 Å². The number of carbonyl (C=O) groups is 3. The van der Waals surface area contributed by atoms with Crippen LogP contribution in [-0.4, -0.2) is 48.4 Å². The third-order valence-electron chi connectivity index (χ3n) is 4.66. The van der Waals surface area contributed by atoms with Gasteiger partial charge in [0.15, 0.2) is 6.10 Å². The fourth-order valence-electron chi connectivity index (χ4n) is 3.28. The lowest BCUT2D eigenvalue weighted by molar-refractivity contribution is -0.161. The molecule has 2 atom stereocenters. The van der Waals surface area contributed by atoms with E-state index in [1.807, 2.05) is 0 Å². The molecule has 25 heavy (non-hydrogen) atoms. The summed E-state index contributed by atoms with van der Waals surface area (Å²) in [6.07, 6.45) is 1.21. The van der Waals surface area contributed by atoms with Crippen LogP contribution >= 0.6 is 11.6 Å². The van der Waals surface area contributed by atoms with E-state index in [2.05, 4.69) is 0 Å². The van der Waals surface area contributed by atoms with E-state index in [1.165, 1.54) is 4.90 Å². The molecule has 0 aromatic heterocycles. The van der Waals surface area contributed by atoms with Gasteiger partial charge in [-0.2, -0.15) is 0 Å². The molecule has 2 heterocycles. The number of para-hydroxylation sites is 1. The zero-order valence-corrected chi connectivity index (χ0v) is 14.9. The van der Waals surface area contributed by atoms with Crippen molar-refractivity contribution in [1.29, 1.82) is 0 Å². The SMILES string of the molecule is C[C@@H](OC(=O)[C@@H]1CC(=O)N(c2ccccc2Cl)C1)C(=O)N1CCCC1.